The van der Waals surface area contributed by atoms with Gasteiger partial charge in [0.2, 0.25) is 70.3 Å². The minimum atomic E-state index is -2.39. The fourth-order valence-corrected chi connectivity index (χ4v) is 7.09. The second-order valence-corrected chi connectivity index (χ2v) is 18.6. The molecule has 0 heterocycles. The van der Waals surface area contributed by atoms with Gasteiger partial charge in [0, 0.05) is 65.0 Å². The third-order valence-corrected chi connectivity index (χ3v) is 11.6. The number of halogens is 5. The number of carbonyl (C=O) groups is 7. The lowest BCUT2D eigenvalue weighted by atomic mass is 10.0. The molecule has 0 bridgehead atoms. The molecule has 27 nitrogen and oxygen atoms in total. The van der Waals surface area contributed by atoms with Gasteiger partial charge in [0.15, 0.2) is 0 Å². The normalized spacial score (nSPS) is 11.8. The molecule has 2 atom stereocenters. The largest absolute Gasteiger partial charge is 0.420 e. The van der Waals surface area contributed by atoms with Crippen LogP contribution in [0.1, 0.15) is 83.5 Å². The molecule has 1 aromatic rings. The number of hydrogen-bond donors (Lipinski definition) is 8. The molecule has 1 aromatic carbocycles. The molecule has 0 radical (unpaired) electrons. The molecule has 0 aromatic heterocycles. The van der Waals surface area contributed by atoms with Crippen molar-refractivity contribution in [1.29, 1.82) is 5.26 Å². The number of benzene rings is 1. The van der Waals surface area contributed by atoms with Gasteiger partial charge in [0.05, 0.1) is 151 Å². The summed E-state index contributed by atoms with van der Waals surface area (Å²) in [6, 6.07) is -0.185. The van der Waals surface area contributed by atoms with Crippen LogP contribution < -0.4 is 48.1 Å². The molecule has 498 valence electrons. The Morgan fingerprint density at radius 3 is 1.18 bits per heavy atom. The zero-order valence-corrected chi connectivity index (χ0v) is 49.6. The first-order valence-corrected chi connectivity index (χ1v) is 29.1. The van der Waals surface area contributed by atoms with E-state index in [-0.39, 0.29) is 181 Å². The molecule has 1 unspecified atom stereocenters. The van der Waals surface area contributed by atoms with E-state index in [0.717, 1.165) is 0 Å². The second kappa shape index (κ2) is 54.3. The Labute approximate surface area is 504 Å². The summed E-state index contributed by atoms with van der Waals surface area (Å²) in [7, 11) is 0. The van der Waals surface area contributed by atoms with E-state index in [4.69, 9.17) is 64.1 Å². The van der Waals surface area contributed by atoms with Gasteiger partial charge in [-0.3, -0.25) is 33.6 Å². The van der Waals surface area contributed by atoms with Crippen molar-refractivity contribution in [1.82, 2.24) is 31.9 Å². The Morgan fingerprint density at radius 1 is 0.379 bits per heavy atom. The summed E-state index contributed by atoms with van der Waals surface area (Å²) in [4.78, 5) is 90.0. The summed E-state index contributed by atoms with van der Waals surface area (Å²) in [5.74, 6) is -16.9. The van der Waals surface area contributed by atoms with Crippen LogP contribution in [-0.4, -0.2) is 225 Å². The van der Waals surface area contributed by atoms with Crippen LogP contribution in [0.3, 0.4) is 0 Å². The quantitative estimate of drug-likeness (QED) is 0.0109. The third-order valence-electron chi connectivity index (χ3n) is 11.6. The van der Waals surface area contributed by atoms with Gasteiger partial charge in [-0.15, -0.1) is 0 Å². The first kappa shape index (κ1) is 79.2. The lowest BCUT2D eigenvalue weighted by molar-refractivity contribution is -0.136. The van der Waals surface area contributed by atoms with Crippen molar-refractivity contribution in [3.8, 4) is 11.8 Å². The van der Waals surface area contributed by atoms with Gasteiger partial charge in [-0.2, -0.15) is 14.0 Å². The summed E-state index contributed by atoms with van der Waals surface area (Å²) in [5.41, 5.74) is 10.8. The van der Waals surface area contributed by atoms with E-state index < -0.39 is 77.0 Å². The summed E-state index contributed by atoms with van der Waals surface area (Å²) >= 11 is 0. The van der Waals surface area contributed by atoms with Crippen molar-refractivity contribution >= 4 is 41.4 Å². The highest BCUT2D eigenvalue weighted by atomic mass is 19.2. The van der Waals surface area contributed by atoms with E-state index in [1.165, 1.54) is 0 Å². The van der Waals surface area contributed by atoms with Gasteiger partial charge < -0.3 is 95.5 Å². The van der Waals surface area contributed by atoms with Crippen LogP contribution in [0.2, 0.25) is 0 Å². The number of unbranched alkanes of at least 4 members (excludes halogenated alkanes) is 2. The van der Waals surface area contributed by atoms with E-state index in [2.05, 4.69) is 36.6 Å². The molecule has 0 aliphatic heterocycles. The average Bonchev–Trinajstić information content (AvgIpc) is 2.43. The van der Waals surface area contributed by atoms with E-state index >= 15 is 0 Å². The molecule has 87 heavy (non-hydrogen) atoms. The lowest BCUT2D eigenvalue weighted by Gasteiger charge is -2.23. The molecule has 0 saturated heterocycles. The number of hydrogen-bond acceptors (Lipinski definition) is 21. The Balaban J connectivity index is 2.75. The highest BCUT2D eigenvalue weighted by Crippen LogP contribution is 2.29. The number of nitriles is 1. The summed E-state index contributed by atoms with van der Waals surface area (Å²) in [5, 5.41) is 25.2. The fourth-order valence-electron chi connectivity index (χ4n) is 7.09. The Bertz CT molecular complexity index is 2100. The number of carbonyl (C=O) groups excluding carboxylic acids is 7. The molecule has 0 spiro atoms. The molecule has 0 aliphatic carbocycles. The molecular formula is C55H90F5N9O18. The van der Waals surface area contributed by atoms with Crippen LogP contribution in [0.5, 0.6) is 5.75 Å². The fraction of sp³-hybridized carbons (Fsp3) is 0.745. The minimum absolute atomic E-state index is 0.0179. The summed E-state index contributed by atoms with van der Waals surface area (Å²) in [6.07, 6.45) is 2.23. The van der Waals surface area contributed by atoms with Crippen LogP contribution in [0.15, 0.2) is 0 Å². The second-order valence-electron chi connectivity index (χ2n) is 18.6. The van der Waals surface area contributed by atoms with Gasteiger partial charge in [-0.05, 0) is 44.9 Å². The molecule has 32 heteroatoms. The molecule has 6 amide bonds. The van der Waals surface area contributed by atoms with Crippen LogP contribution in [-0.2, 0) is 80.9 Å². The minimum Gasteiger partial charge on any atom is -0.420 e. The van der Waals surface area contributed by atoms with E-state index in [9.17, 15) is 55.5 Å². The number of nitrogens with one attached hydrogen (secondary N) is 6. The van der Waals surface area contributed by atoms with Gasteiger partial charge in [-0.1, -0.05) is 0 Å². The number of nitrogens with zero attached hydrogens (tertiary/aromatic N) is 1. The van der Waals surface area contributed by atoms with Crippen LogP contribution in [0.4, 0.5) is 22.0 Å². The van der Waals surface area contributed by atoms with Gasteiger partial charge in [-0.25, -0.2) is 13.2 Å². The number of amides is 6. The first-order chi connectivity index (χ1) is 42.2. The maximum atomic E-state index is 14.0. The zero-order valence-electron chi connectivity index (χ0n) is 49.6. The van der Waals surface area contributed by atoms with Gasteiger partial charge in [0.1, 0.15) is 12.1 Å². The zero-order chi connectivity index (χ0) is 64.0. The van der Waals surface area contributed by atoms with Crippen molar-refractivity contribution in [3.63, 3.8) is 0 Å². The van der Waals surface area contributed by atoms with Crippen LogP contribution in [0.25, 0.3) is 0 Å². The van der Waals surface area contributed by atoms with Gasteiger partial charge >= 0.3 is 5.97 Å². The van der Waals surface area contributed by atoms with Crippen molar-refractivity contribution in [2.24, 2.45) is 11.5 Å². The van der Waals surface area contributed by atoms with Crippen molar-refractivity contribution in [2.45, 2.75) is 95.6 Å². The molecule has 10 N–H and O–H groups in total. The molecular weight excluding hydrogens is 1170 g/mol. The lowest BCUT2D eigenvalue weighted by Crippen LogP contribution is -2.54. The van der Waals surface area contributed by atoms with Crippen LogP contribution >= 0.6 is 0 Å². The highest BCUT2D eigenvalue weighted by molar-refractivity contribution is 5.92. The summed E-state index contributed by atoms with van der Waals surface area (Å²) < 4.78 is 125. The highest BCUT2D eigenvalue weighted by Gasteiger charge is 2.29. The molecule has 0 aliphatic rings. The monoisotopic (exact) mass is 1260 g/mol. The van der Waals surface area contributed by atoms with E-state index in [0.29, 0.717) is 85.0 Å². The van der Waals surface area contributed by atoms with E-state index in [1.807, 2.05) is 6.07 Å². The summed E-state index contributed by atoms with van der Waals surface area (Å²) in [6.45, 7) is 5.45. The SMILES string of the molecule is N#CCCOCCOCCC(=O)NCCCC(=O)NC(CCCCNC(=O)CCOCCOCCN)C(=O)N[C@@H](CCCCNC(=O)CCOCCOCCN)C(=O)NCCOCCOCCOCCOCCC(=O)Oc1c(F)c(F)c(F)c(F)c1F. The Morgan fingerprint density at radius 2 is 0.747 bits per heavy atom. The predicted molar refractivity (Wildman–Crippen MR) is 300 cm³/mol. The maximum Gasteiger partial charge on any atom is 0.313 e. The van der Waals surface area contributed by atoms with Crippen molar-refractivity contribution in [2.75, 3.05) is 171 Å². The number of esters is 1. The smallest absolute Gasteiger partial charge is 0.313 e. The Kier molecular flexibility index (Phi) is 49.4. The van der Waals surface area contributed by atoms with E-state index in [1.54, 1.807) is 0 Å². The maximum absolute atomic E-state index is 14.0. The number of rotatable bonds is 58. The standard InChI is InChI=1S/C55H90F5N9O18/c56-48-49(57)51(59)53(52(60)50(48)58)87-47(74)13-25-81-33-37-85-39-40-86-38-36-84-28-20-67-54(75)41(7-1-3-17-64-43(70)10-22-79-31-34-82-26-15-62)69-55(76)42(8-2-4-18-65-44(71)11-23-80-32-35-83-27-16-63)68-46(73)9-5-19-66-45(72)12-24-78-30-29-77-21-6-14-61/h41-42H,1-13,15-40,62-63H2,(H,64,70)(H,65,71)(H,66,72)(H,67,75)(H,68,73)(H,69,76)/t41-,42?/m0/s1. The molecule has 1 rings (SSSR count). The van der Waals surface area contributed by atoms with Crippen molar-refractivity contribution in [3.05, 3.63) is 29.1 Å². The molecule has 0 saturated carbocycles. The number of ether oxygens (including phenoxy) is 11. The first-order valence-electron chi connectivity index (χ1n) is 29.1. The number of nitrogens with two attached hydrogens (primary N) is 2. The third kappa shape index (κ3) is 42.7. The topological polar surface area (TPSA) is 369 Å². The predicted octanol–water partition coefficient (Wildman–Crippen LogP) is 0.400. The average molecular weight is 1260 g/mol. The van der Waals surface area contributed by atoms with Gasteiger partial charge in [0.25, 0.3) is 0 Å². The van der Waals surface area contributed by atoms with Crippen molar-refractivity contribution < 1.29 is 108 Å². The van der Waals surface area contributed by atoms with Crippen LogP contribution in [0, 0.1) is 40.4 Å². The Hall–Kier alpha value is -5.83. The molecule has 0 fully saturated rings.